The normalized spacial score (nSPS) is 12.7. The van der Waals surface area contributed by atoms with Gasteiger partial charge in [0.1, 0.15) is 0 Å². The molecule has 0 atom stereocenters. The zero-order valence-corrected chi connectivity index (χ0v) is 11.2. The first-order chi connectivity index (χ1) is 7.12. The zero-order chi connectivity index (χ0) is 12.6. The van der Waals surface area contributed by atoms with Crippen molar-refractivity contribution in [2.75, 3.05) is 5.06 Å². The molecule has 0 aliphatic heterocycles. The average Bonchev–Trinajstić information content (AvgIpc) is 2.14. The van der Waals surface area contributed by atoms with Gasteiger partial charge >= 0.3 is 0 Å². The van der Waals surface area contributed by atoms with Crippen molar-refractivity contribution in [3.63, 3.8) is 0 Å². The number of hydrogen-bond acceptors (Lipinski definition) is 2. The molecule has 0 aromatic heterocycles. The van der Waals surface area contributed by atoms with E-state index in [-0.39, 0.29) is 11.0 Å². The third kappa shape index (κ3) is 2.99. The van der Waals surface area contributed by atoms with Gasteiger partial charge in [0.25, 0.3) is 0 Å². The van der Waals surface area contributed by atoms with Crippen LogP contribution in [0.4, 0.5) is 5.69 Å². The van der Waals surface area contributed by atoms with E-state index < -0.39 is 0 Å². The Kier molecular flexibility index (Phi) is 3.34. The molecular weight excluding hydrogens is 198 g/mol. The van der Waals surface area contributed by atoms with Gasteiger partial charge in [-0.1, -0.05) is 32.9 Å². The molecule has 0 heterocycles. The molecule has 0 aliphatic rings. The highest BCUT2D eigenvalue weighted by Gasteiger charge is 2.20. The summed E-state index contributed by atoms with van der Waals surface area (Å²) in [5.41, 5.74) is 1.99. The monoisotopic (exact) mass is 221 g/mol. The fourth-order valence-electron chi connectivity index (χ4n) is 1.49. The Labute approximate surface area is 98.9 Å². The number of hydroxylamine groups is 1. The van der Waals surface area contributed by atoms with E-state index >= 15 is 0 Å². The summed E-state index contributed by atoms with van der Waals surface area (Å²) >= 11 is 0. The average molecular weight is 221 g/mol. The van der Waals surface area contributed by atoms with Crippen LogP contribution in [0, 0.1) is 0 Å². The molecule has 1 N–H and O–H groups in total. The Morgan fingerprint density at radius 2 is 1.31 bits per heavy atom. The minimum atomic E-state index is -0.275. The molecule has 0 unspecified atom stereocenters. The maximum atomic E-state index is 9.98. The van der Waals surface area contributed by atoms with Gasteiger partial charge in [-0.3, -0.25) is 10.3 Å². The maximum absolute atomic E-state index is 9.98. The highest BCUT2D eigenvalue weighted by atomic mass is 16.5. The minimum absolute atomic E-state index is 0.153. The van der Waals surface area contributed by atoms with Crippen LogP contribution in [0.25, 0.3) is 0 Å². The molecule has 90 valence electrons. The van der Waals surface area contributed by atoms with E-state index in [0.717, 1.165) is 5.69 Å². The first-order valence-electron chi connectivity index (χ1n) is 5.72. The van der Waals surface area contributed by atoms with Crippen molar-refractivity contribution in [2.45, 2.75) is 52.5 Å². The first-order valence-corrected chi connectivity index (χ1v) is 5.72. The van der Waals surface area contributed by atoms with Gasteiger partial charge in [0.2, 0.25) is 0 Å². The van der Waals surface area contributed by atoms with Gasteiger partial charge in [-0.05, 0) is 43.9 Å². The van der Waals surface area contributed by atoms with Crippen molar-refractivity contribution in [3.8, 4) is 0 Å². The van der Waals surface area contributed by atoms with Crippen LogP contribution in [0.3, 0.4) is 0 Å². The molecule has 2 heteroatoms. The molecule has 0 bridgehead atoms. The molecular formula is C14H23NO. The van der Waals surface area contributed by atoms with Crippen molar-refractivity contribution >= 4 is 5.69 Å². The van der Waals surface area contributed by atoms with Gasteiger partial charge in [0.15, 0.2) is 0 Å². The SMILES string of the molecule is CC(C)(C)c1ccc(N(O)C(C)(C)C)cc1. The van der Waals surface area contributed by atoms with Gasteiger partial charge in [-0.25, -0.2) is 0 Å². The van der Waals surface area contributed by atoms with Crippen molar-refractivity contribution < 1.29 is 5.21 Å². The molecule has 2 nitrogen and oxygen atoms in total. The third-order valence-corrected chi connectivity index (χ3v) is 2.61. The van der Waals surface area contributed by atoms with E-state index in [1.807, 2.05) is 32.9 Å². The van der Waals surface area contributed by atoms with Crippen LogP contribution < -0.4 is 5.06 Å². The molecule has 0 fully saturated rings. The number of hydrogen-bond donors (Lipinski definition) is 1. The van der Waals surface area contributed by atoms with Crippen LogP contribution in [-0.2, 0) is 5.41 Å². The second-order valence-electron chi connectivity index (χ2n) is 6.28. The van der Waals surface area contributed by atoms with Gasteiger partial charge in [0.05, 0.1) is 11.2 Å². The summed E-state index contributed by atoms with van der Waals surface area (Å²) in [7, 11) is 0. The van der Waals surface area contributed by atoms with Gasteiger partial charge in [-0.15, -0.1) is 0 Å². The second kappa shape index (κ2) is 4.10. The van der Waals surface area contributed by atoms with Gasteiger partial charge in [-0.2, -0.15) is 0 Å². The lowest BCUT2D eigenvalue weighted by Crippen LogP contribution is -2.38. The summed E-state index contributed by atoms with van der Waals surface area (Å²) in [5.74, 6) is 0. The van der Waals surface area contributed by atoms with Gasteiger partial charge < -0.3 is 0 Å². The highest BCUT2D eigenvalue weighted by molar-refractivity contribution is 5.47. The summed E-state index contributed by atoms with van der Waals surface area (Å²) < 4.78 is 0. The van der Waals surface area contributed by atoms with Crippen molar-refractivity contribution in [1.82, 2.24) is 0 Å². The molecule has 1 aromatic carbocycles. The Bertz CT molecular complexity index is 340. The van der Waals surface area contributed by atoms with Gasteiger partial charge in [0, 0.05) is 0 Å². The standard InChI is InChI=1S/C14H23NO/c1-13(2,3)11-7-9-12(10-8-11)15(16)14(4,5)6/h7-10,16H,1-6H3. The Morgan fingerprint density at radius 3 is 1.62 bits per heavy atom. The number of rotatable bonds is 1. The predicted molar refractivity (Wildman–Crippen MR) is 69.2 cm³/mol. The molecule has 0 aliphatic carbocycles. The van der Waals surface area contributed by atoms with E-state index in [1.54, 1.807) is 0 Å². The van der Waals surface area contributed by atoms with Crippen molar-refractivity contribution in [2.24, 2.45) is 0 Å². The van der Waals surface area contributed by atoms with E-state index in [2.05, 4.69) is 32.9 Å². The lowest BCUT2D eigenvalue weighted by molar-refractivity contribution is 0.181. The fourth-order valence-corrected chi connectivity index (χ4v) is 1.49. The minimum Gasteiger partial charge on any atom is -0.288 e. The van der Waals surface area contributed by atoms with E-state index in [4.69, 9.17) is 0 Å². The molecule has 0 radical (unpaired) electrons. The molecule has 16 heavy (non-hydrogen) atoms. The summed E-state index contributed by atoms with van der Waals surface area (Å²) in [5, 5.41) is 11.3. The first kappa shape index (κ1) is 13.0. The van der Waals surface area contributed by atoms with E-state index in [1.165, 1.54) is 10.6 Å². The molecule has 0 saturated heterocycles. The molecule has 0 amide bonds. The van der Waals surface area contributed by atoms with E-state index in [0.29, 0.717) is 0 Å². The summed E-state index contributed by atoms with van der Waals surface area (Å²) in [4.78, 5) is 0. The van der Waals surface area contributed by atoms with Crippen LogP contribution in [-0.4, -0.2) is 10.7 Å². The Hall–Kier alpha value is -1.02. The lowest BCUT2D eigenvalue weighted by atomic mass is 9.87. The zero-order valence-electron chi connectivity index (χ0n) is 11.2. The number of anilines is 1. The van der Waals surface area contributed by atoms with Crippen LogP contribution in [0.5, 0.6) is 0 Å². The highest BCUT2D eigenvalue weighted by Crippen LogP contribution is 2.26. The largest absolute Gasteiger partial charge is 0.288 e. The fraction of sp³-hybridized carbons (Fsp3) is 0.571. The third-order valence-electron chi connectivity index (χ3n) is 2.61. The number of benzene rings is 1. The topological polar surface area (TPSA) is 23.5 Å². The van der Waals surface area contributed by atoms with Crippen LogP contribution in [0.2, 0.25) is 0 Å². The van der Waals surface area contributed by atoms with Crippen LogP contribution >= 0.6 is 0 Å². The molecule has 0 saturated carbocycles. The molecule has 0 spiro atoms. The summed E-state index contributed by atoms with van der Waals surface area (Å²) in [6.45, 7) is 12.5. The quantitative estimate of drug-likeness (QED) is 0.725. The molecule has 1 aromatic rings. The summed E-state index contributed by atoms with van der Waals surface area (Å²) in [6.07, 6.45) is 0. The molecule has 1 rings (SSSR count). The predicted octanol–water partition coefficient (Wildman–Crippen LogP) is 3.98. The van der Waals surface area contributed by atoms with Crippen LogP contribution in [0.15, 0.2) is 24.3 Å². The smallest absolute Gasteiger partial charge is 0.0640 e. The Balaban J connectivity index is 2.96. The van der Waals surface area contributed by atoms with Crippen molar-refractivity contribution in [3.05, 3.63) is 29.8 Å². The number of nitrogens with zero attached hydrogens (tertiary/aromatic N) is 1. The lowest BCUT2D eigenvalue weighted by Gasteiger charge is -2.31. The van der Waals surface area contributed by atoms with E-state index in [9.17, 15) is 5.21 Å². The second-order valence-corrected chi connectivity index (χ2v) is 6.28. The summed E-state index contributed by atoms with van der Waals surface area (Å²) in [6, 6.07) is 8.08. The van der Waals surface area contributed by atoms with Crippen molar-refractivity contribution in [1.29, 1.82) is 0 Å². The van der Waals surface area contributed by atoms with Crippen LogP contribution in [0.1, 0.15) is 47.1 Å². The Morgan fingerprint density at radius 1 is 0.875 bits per heavy atom. The maximum Gasteiger partial charge on any atom is 0.0640 e.